The van der Waals surface area contributed by atoms with E-state index in [4.69, 9.17) is 21.0 Å². The number of phenolic OH excluding ortho intramolecular Hbond substituents is 2. The molecule has 0 radical (unpaired) electrons. The van der Waals surface area contributed by atoms with Gasteiger partial charge in [0, 0.05) is 40.9 Å². The van der Waals surface area contributed by atoms with Gasteiger partial charge in [0.15, 0.2) is 0 Å². The summed E-state index contributed by atoms with van der Waals surface area (Å²) >= 11 is 0. The van der Waals surface area contributed by atoms with Crippen molar-refractivity contribution in [1.29, 1.82) is 0 Å². The van der Waals surface area contributed by atoms with E-state index >= 15 is 0 Å². The van der Waals surface area contributed by atoms with Gasteiger partial charge in [0.05, 0.1) is 12.1 Å². The maximum atomic E-state index is 10.3. The van der Waals surface area contributed by atoms with Crippen LogP contribution in [0.2, 0.25) is 0 Å². The van der Waals surface area contributed by atoms with Gasteiger partial charge in [-0.25, -0.2) is 0 Å². The summed E-state index contributed by atoms with van der Waals surface area (Å²) in [5.41, 5.74) is 19.0. The number of rotatable bonds is 4. The maximum absolute atomic E-state index is 10.3. The minimum absolute atomic E-state index is 0. The molecule has 3 rings (SSSR count). The van der Waals surface area contributed by atoms with Gasteiger partial charge < -0.3 is 21.3 Å². The zero-order valence-electron chi connectivity index (χ0n) is 19.0. The molecule has 0 bridgehead atoms. The van der Waals surface area contributed by atoms with E-state index < -0.39 is 0 Å². The van der Waals surface area contributed by atoms with Crippen LogP contribution in [0.3, 0.4) is 0 Å². The number of aryl methyl sites for hydroxylation is 4. The van der Waals surface area contributed by atoms with Crippen LogP contribution in [0.25, 0.3) is 16.0 Å². The molecular formula is C24H30CrN5O2-. The average molecular weight is 473 g/mol. The van der Waals surface area contributed by atoms with Crippen LogP contribution in [0, 0.1) is 27.7 Å². The van der Waals surface area contributed by atoms with Gasteiger partial charge in [-0.15, -0.1) is 0 Å². The third-order valence-electron chi connectivity index (χ3n) is 5.45. The summed E-state index contributed by atoms with van der Waals surface area (Å²) in [6.07, 6.45) is 7.85. The smallest absolute Gasteiger partial charge is 0.127 e. The molecule has 2 atom stereocenters. The van der Waals surface area contributed by atoms with Crippen LogP contribution in [0.1, 0.15) is 59.1 Å². The average Bonchev–Trinajstić information content (AvgIpc) is 2.72. The van der Waals surface area contributed by atoms with Crippen molar-refractivity contribution in [3.8, 4) is 11.5 Å². The zero-order valence-corrected chi connectivity index (χ0v) is 20.3. The summed E-state index contributed by atoms with van der Waals surface area (Å²) in [5, 5.41) is 20.6. The van der Waals surface area contributed by atoms with Gasteiger partial charge in [0.2, 0.25) is 0 Å². The predicted molar refractivity (Wildman–Crippen MR) is 126 cm³/mol. The van der Waals surface area contributed by atoms with E-state index in [2.05, 4.69) is 0 Å². The predicted octanol–water partition coefficient (Wildman–Crippen LogP) is 6.04. The molecule has 1 aliphatic rings. The first kappa shape index (κ1) is 27.3. The van der Waals surface area contributed by atoms with Crippen molar-refractivity contribution in [3.05, 3.63) is 73.6 Å². The number of benzene rings is 2. The Hall–Kier alpha value is -2.78. The van der Waals surface area contributed by atoms with Gasteiger partial charge in [-0.1, -0.05) is 25.0 Å². The fourth-order valence-corrected chi connectivity index (χ4v) is 3.97. The van der Waals surface area contributed by atoms with E-state index in [1.165, 1.54) is 4.91 Å². The molecular weight excluding hydrogens is 442 g/mol. The van der Waals surface area contributed by atoms with Crippen LogP contribution in [0.5, 0.6) is 11.5 Å². The SMILES string of the molecule is Cc1cc(C)c(O)c(C=NC2CCCCC2N=Cc2cc(C)cc(C)c2O)c1.[Cr].[N-]=[N+]=[N-]. The Morgan fingerprint density at radius 2 is 1.12 bits per heavy atom. The van der Waals surface area contributed by atoms with Crippen LogP contribution in [-0.4, -0.2) is 34.7 Å². The number of aromatic hydroxyl groups is 2. The summed E-state index contributed by atoms with van der Waals surface area (Å²) < 4.78 is 0. The minimum Gasteiger partial charge on any atom is -0.507 e. The molecule has 1 fully saturated rings. The van der Waals surface area contributed by atoms with Crippen LogP contribution < -0.4 is 0 Å². The van der Waals surface area contributed by atoms with Crippen LogP contribution in [0.15, 0.2) is 34.3 Å². The van der Waals surface area contributed by atoms with Crippen molar-refractivity contribution in [2.45, 2.75) is 65.5 Å². The maximum Gasteiger partial charge on any atom is 0.127 e. The Labute approximate surface area is 200 Å². The van der Waals surface area contributed by atoms with E-state index in [0.717, 1.165) is 59.1 Å². The fourth-order valence-electron chi connectivity index (χ4n) is 3.97. The molecule has 2 aromatic rings. The Balaban J connectivity index is 0.00000121. The first-order valence-corrected chi connectivity index (χ1v) is 10.4. The topological polar surface area (TPSA) is 124 Å². The van der Waals surface area contributed by atoms with Crippen molar-refractivity contribution in [1.82, 2.24) is 0 Å². The number of hydrogen-bond donors (Lipinski definition) is 2. The van der Waals surface area contributed by atoms with Crippen molar-refractivity contribution in [2.24, 2.45) is 9.98 Å². The summed E-state index contributed by atoms with van der Waals surface area (Å²) in [4.78, 5) is 11.1. The van der Waals surface area contributed by atoms with Gasteiger partial charge in [-0.3, -0.25) is 14.9 Å². The van der Waals surface area contributed by atoms with Gasteiger partial charge in [-0.2, -0.15) is 0 Å². The number of phenols is 2. The molecule has 2 aromatic carbocycles. The van der Waals surface area contributed by atoms with E-state index in [1.54, 1.807) is 12.4 Å². The molecule has 7 nitrogen and oxygen atoms in total. The third kappa shape index (κ3) is 7.42. The first-order valence-electron chi connectivity index (χ1n) is 10.4. The van der Waals surface area contributed by atoms with Gasteiger partial charge in [0.25, 0.3) is 0 Å². The van der Waals surface area contributed by atoms with Crippen molar-refractivity contribution in [2.75, 3.05) is 0 Å². The molecule has 1 saturated carbocycles. The van der Waals surface area contributed by atoms with Gasteiger partial charge in [0.1, 0.15) is 11.5 Å². The molecule has 0 amide bonds. The molecule has 0 spiro atoms. The quantitative estimate of drug-likeness (QED) is 0.244. The molecule has 0 aliphatic heterocycles. The Kier molecular flexibility index (Phi) is 11.0. The van der Waals surface area contributed by atoms with E-state index in [9.17, 15) is 10.2 Å². The molecule has 0 saturated heterocycles. The molecule has 0 aromatic heterocycles. The second-order valence-electron chi connectivity index (χ2n) is 8.10. The normalized spacial score (nSPS) is 18.0. The number of nitrogens with zero attached hydrogens (tertiary/aromatic N) is 5. The standard InChI is InChI=1S/C24H30N2O2.Cr.N3/c1-15-9-17(3)23(27)19(11-15)13-25-21-7-5-6-8-22(21)26-14-20-12-16(2)10-18(4)24(20)28;;1-3-2/h9-14,21-22,27-28H,5-8H2,1-4H3;;/q;;-1. The third-order valence-corrected chi connectivity index (χ3v) is 5.45. The summed E-state index contributed by atoms with van der Waals surface area (Å²) in [7, 11) is 0. The van der Waals surface area contributed by atoms with E-state index in [0.29, 0.717) is 11.5 Å². The summed E-state index contributed by atoms with van der Waals surface area (Å²) in [5.74, 6) is 0.593. The number of aliphatic imine (C=N–C) groups is 2. The Morgan fingerprint density at radius 1 is 0.781 bits per heavy atom. The van der Waals surface area contributed by atoms with Crippen LogP contribution >= 0.6 is 0 Å². The molecule has 1 aliphatic carbocycles. The minimum atomic E-state index is 0. The van der Waals surface area contributed by atoms with Gasteiger partial charge >= 0.3 is 0 Å². The Morgan fingerprint density at radius 3 is 1.47 bits per heavy atom. The summed E-state index contributed by atoms with van der Waals surface area (Å²) in [6, 6.07) is 8.05. The molecule has 170 valence electrons. The Bertz CT molecular complexity index is 938. The number of hydrogen-bond acceptors (Lipinski definition) is 4. The van der Waals surface area contributed by atoms with E-state index in [1.807, 2.05) is 52.0 Å². The molecule has 32 heavy (non-hydrogen) atoms. The molecule has 0 heterocycles. The van der Waals surface area contributed by atoms with Gasteiger partial charge in [-0.05, 0) is 74.9 Å². The monoisotopic (exact) mass is 472 g/mol. The molecule has 8 heteroatoms. The van der Waals surface area contributed by atoms with Crippen LogP contribution in [-0.2, 0) is 17.4 Å². The first-order chi connectivity index (χ1) is 14.8. The molecule has 2 N–H and O–H groups in total. The largest absolute Gasteiger partial charge is 0.507 e. The fraction of sp³-hybridized carbons (Fsp3) is 0.417. The zero-order chi connectivity index (χ0) is 23.0. The second-order valence-corrected chi connectivity index (χ2v) is 8.10. The van der Waals surface area contributed by atoms with E-state index in [-0.39, 0.29) is 29.4 Å². The summed E-state index contributed by atoms with van der Waals surface area (Å²) in [6.45, 7) is 7.86. The van der Waals surface area contributed by atoms with Crippen molar-refractivity contribution >= 4 is 12.4 Å². The van der Waals surface area contributed by atoms with Crippen LogP contribution in [0.4, 0.5) is 0 Å². The second kappa shape index (κ2) is 12.9. The van der Waals surface area contributed by atoms with Crippen molar-refractivity contribution < 1.29 is 27.6 Å². The van der Waals surface area contributed by atoms with Crippen molar-refractivity contribution in [3.63, 3.8) is 0 Å². The molecule has 2 unspecified atom stereocenters.